The highest BCUT2D eigenvalue weighted by molar-refractivity contribution is 5.73. The minimum atomic E-state index is -0.216. The molecule has 0 atom stereocenters. The van der Waals surface area contributed by atoms with Gasteiger partial charge in [0.1, 0.15) is 12.4 Å². The van der Waals surface area contributed by atoms with E-state index in [1.165, 1.54) is 0 Å². The van der Waals surface area contributed by atoms with Crippen LogP contribution in [0.5, 0.6) is 0 Å². The van der Waals surface area contributed by atoms with Crippen LogP contribution in [-0.2, 0) is 0 Å². The van der Waals surface area contributed by atoms with Gasteiger partial charge in [-0.05, 0) is 35.4 Å². The SMILES string of the molecule is CN=Cc1ncn(C(c2ccc(C#N)cc2)c2ccc(C#N)cc2)n1. The molecule has 0 radical (unpaired) electrons. The van der Waals surface area contributed by atoms with Crippen LogP contribution in [0.25, 0.3) is 0 Å². The summed E-state index contributed by atoms with van der Waals surface area (Å²) in [5.41, 5.74) is 3.13. The lowest BCUT2D eigenvalue weighted by Crippen LogP contribution is -2.13. The summed E-state index contributed by atoms with van der Waals surface area (Å²) in [6.45, 7) is 0. The van der Waals surface area contributed by atoms with Crippen molar-refractivity contribution in [2.45, 2.75) is 6.04 Å². The molecule has 1 aromatic heterocycles. The lowest BCUT2D eigenvalue weighted by atomic mass is 9.97. The first kappa shape index (κ1) is 16.1. The van der Waals surface area contributed by atoms with E-state index >= 15 is 0 Å². The molecule has 0 unspecified atom stereocenters. The van der Waals surface area contributed by atoms with Crippen molar-refractivity contribution in [2.75, 3.05) is 7.05 Å². The van der Waals surface area contributed by atoms with Gasteiger partial charge in [-0.15, -0.1) is 5.10 Å². The van der Waals surface area contributed by atoms with Crippen molar-refractivity contribution in [3.63, 3.8) is 0 Å². The molecule has 6 heteroatoms. The lowest BCUT2D eigenvalue weighted by Gasteiger charge is -2.18. The van der Waals surface area contributed by atoms with Gasteiger partial charge in [0.25, 0.3) is 0 Å². The van der Waals surface area contributed by atoms with Crippen LogP contribution in [0.4, 0.5) is 0 Å². The Bertz CT molecular complexity index is 911. The molecule has 2 aromatic carbocycles. The molecule has 120 valence electrons. The molecule has 0 aliphatic carbocycles. The third-order valence-electron chi connectivity index (χ3n) is 3.75. The van der Waals surface area contributed by atoms with Crippen LogP contribution in [0.3, 0.4) is 0 Å². The summed E-state index contributed by atoms with van der Waals surface area (Å²) in [5.74, 6) is 0.523. The van der Waals surface area contributed by atoms with Crippen LogP contribution in [0.1, 0.15) is 34.1 Å². The third kappa shape index (κ3) is 3.44. The van der Waals surface area contributed by atoms with Crippen LogP contribution in [-0.4, -0.2) is 28.0 Å². The number of hydrogen-bond donors (Lipinski definition) is 0. The van der Waals surface area contributed by atoms with Crippen molar-refractivity contribution in [3.05, 3.63) is 82.9 Å². The molecule has 0 bridgehead atoms. The Morgan fingerprint density at radius 3 is 1.92 bits per heavy atom. The standard InChI is InChI=1S/C19H14N6/c1-22-12-18-23-13-25(24-18)19(16-6-2-14(10-20)3-7-16)17-8-4-15(11-21)5-9-17/h2-9,12-13,19H,1H3. The van der Waals surface area contributed by atoms with Crippen molar-refractivity contribution in [3.8, 4) is 12.1 Å². The van der Waals surface area contributed by atoms with E-state index in [0.29, 0.717) is 17.0 Å². The second-order valence-corrected chi connectivity index (χ2v) is 5.34. The Hall–Kier alpha value is -3.77. The normalized spacial score (nSPS) is 10.7. The van der Waals surface area contributed by atoms with Gasteiger partial charge in [-0.25, -0.2) is 9.67 Å². The molecule has 0 saturated heterocycles. The molecule has 0 N–H and O–H groups in total. The Morgan fingerprint density at radius 1 is 0.960 bits per heavy atom. The molecule has 0 amide bonds. The predicted octanol–water partition coefficient (Wildman–Crippen LogP) is 2.71. The first-order valence-corrected chi connectivity index (χ1v) is 7.58. The average Bonchev–Trinajstić information content (AvgIpc) is 3.11. The van der Waals surface area contributed by atoms with Crippen molar-refractivity contribution < 1.29 is 0 Å². The van der Waals surface area contributed by atoms with E-state index < -0.39 is 0 Å². The molecule has 0 fully saturated rings. The second-order valence-electron chi connectivity index (χ2n) is 5.34. The molecular weight excluding hydrogens is 312 g/mol. The van der Waals surface area contributed by atoms with E-state index in [1.807, 2.05) is 24.3 Å². The van der Waals surface area contributed by atoms with Crippen LogP contribution in [0.2, 0.25) is 0 Å². The van der Waals surface area contributed by atoms with Gasteiger partial charge in [0, 0.05) is 7.05 Å². The zero-order valence-corrected chi connectivity index (χ0v) is 13.5. The van der Waals surface area contributed by atoms with Gasteiger partial charge >= 0.3 is 0 Å². The molecule has 0 aliphatic heterocycles. The minimum Gasteiger partial charge on any atom is -0.293 e. The van der Waals surface area contributed by atoms with Crippen LogP contribution in [0.15, 0.2) is 59.9 Å². The van der Waals surface area contributed by atoms with Gasteiger partial charge in [0.05, 0.1) is 29.5 Å². The van der Waals surface area contributed by atoms with E-state index in [4.69, 9.17) is 10.5 Å². The lowest BCUT2D eigenvalue weighted by molar-refractivity contribution is 0.593. The van der Waals surface area contributed by atoms with Gasteiger partial charge < -0.3 is 0 Å². The maximum Gasteiger partial charge on any atom is 0.191 e. The van der Waals surface area contributed by atoms with E-state index in [2.05, 4.69) is 27.2 Å². The number of aliphatic imine (C=N–C) groups is 1. The van der Waals surface area contributed by atoms with E-state index in [-0.39, 0.29) is 6.04 Å². The first-order valence-electron chi connectivity index (χ1n) is 7.58. The van der Waals surface area contributed by atoms with Gasteiger partial charge in [0.15, 0.2) is 5.82 Å². The number of hydrogen-bond acceptors (Lipinski definition) is 5. The molecule has 6 nitrogen and oxygen atoms in total. The topological polar surface area (TPSA) is 90.6 Å². The van der Waals surface area contributed by atoms with Crippen molar-refractivity contribution in [2.24, 2.45) is 4.99 Å². The molecule has 25 heavy (non-hydrogen) atoms. The summed E-state index contributed by atoms with van der Waals surface area (Å²) in [6.07, 6.45) is 3.24. The fourth-order valence-electron chi connectivity index (χ4n) is 2.57. The van der Waals surface area contributed by atoms with Crippen molar-refractivity contribution in [1.29, 1.82) is 10.5 Å². The van der Waals surface area contributed by atoms with E-state index in [9.17, 15) is 0 Å². The molecule has 0 aliphatic rings. The van der Waals surface area contributed by atoms with Gasteiger partial charge in [0.2, 0.25) is 0 Å². The summed E-state index contributed by atoms with van der Waals surface area (Å²) in [4.78, 5) is 8.18. The molecule has 3 rings (SSSR count). The highest BCUT2D eigenvalue weighted by atomic mass is 15.3. The highest BCUT2D eigenvalue weighted by Crippen LogP contribution is 2.26. The van der Waals surface area contributed by atoms with Gasteiger partial charge in [-0.1, -0.05) is 24.3 Å². The zero-order valence-electron chi connectivity index (χ0n) is 13.5. The monoisotopic (exact) mass is 326 g/mol. The molecule has 0 spiro atoms. The number of nitriles is 2. The molecule has 0 saturated carbocycles. The van der Waals surface area contributed by atoms with Gasteiger partial charge in [-0.3, -0.25) is 4.99 Å². The van der Waals surface area contributed by atoms with Crippen molar-refractivity contribution >= 4 is 6.21 Å². The fraction of sp³-hybridized carbons (Fsp3) is 0.105. The quantitative estimate of drug-likeness (QED) is 0.689. The van der Waals surface area contributed by atoms with Crippen LogP contribution < -0.4 is 0 Å². The minimum absolute atomic E-state index is 0.216. The zero-order chi connectivity index (χ0) is 17.6. The maximum atomic E-state index is 9.00. The smallest absolute Gasteiger partial charge is 0.191 e. The maximum absolute atomic E-state index is 9.00. The summed E-state index contributed by atoms with van der Waals surface area (Å²) < 4.78 is 1.75. The highest BCUT2D eigenvalue weighted by Gasteiger charge is 2.18. The summed E-state index contributed by atoms with van der Waals surface area (Å²) >= 11 is 0. The van der Waals surface area contributed by atoms with E-state index in [0.717, 1.165) is 11.1 Å². The third-order valence-corrected chi connectivity index (χ3v) is 3.75. The van der Waals surface area contributed by atoms with E-state index in [1.54, 1.807) is 48.5 Å². The predicted molar refractivity (Wildman–Crippen MR) is 93.1 cm³/mol. The number of aromatic nitrogens is 3. The molecule has 1 heterocycles. The summed E-state index contributed by atoms with van der Waals surface area (Å²) in [5, 5.41) is 22.5. The largest absolute Gasteiger partial charge is 0.293 e. The Morgan fingerprint density at radius 2 is 1.48 bits per heavy atom. The Labute approximate surface area is 145 Å². The summed E-state index contributed by atoms with van der Waals surface area (Å²) in [6, 6.07) is 18.7. The molecule has 3 aromatic rings. The second kappa shape index (κ2) is 7.20. The summed E-state index contributed by atoms with van der Waals surface area (Å²) in [7, 11) is 1.67. The Kier molecular flexibility index (Phi) is 4.64. The molecular formula is C19H14N6. The van der Waals surface area contributed by atoms with Gasteiger partial charge in [-0.2, -0.15) is 10.5 Å². The van der Waals surface area contributed by atoms with Crippen LogP contribution in [0, 0.1) is 22.7 Å². The Balaban J connectivity index is 2.08. The number of benzene rings is 2. The van der Waals surface area contributed by atoms with Crippen molar-refractivity contribution in [1.82, 2.24) is 14.8 Å². The van der Waals surface area contributed by atoms with Crippen LogP contribution >= 0.6 is 0 Å². The fourth-order valence-corrected chi connectivity index (χ4v) is 2.57. The average molecular weight is 326 g/mol. The number of nitrogens with zero attached hydrogens (tertiary/aromatic N) is 6. The number of rotatable bonds is 4. The first-order chi connectivity index (χ1) is 12.2.